The molecule has 2 nitrogen and oxygen atoms in total. The molecule has 0 fully saturated rings. The number of anilines is 2. The van der Waals surface area contributed by atoms with Crippen LogP contribution in [0.4, 0.5) is 15.8 Å². The van der Waals surface area contributed by atoms with Crippen LogP contribution in [0.1, 0.15) is 0 Å². The molecular weight excluding hydrogens is 258 g/mol. The topological polar surface area (TPSA) is 38.0 Å². The predicted molar refractivity (Wildman–Crippen MR) is 53.1 cm³/mol. The van der Waals surface area contributed by atoms with Crippen molar-refractivity contribution in [2.75, 3.05) is 18.1 Å². The molecule has 0 aromatic heterocycles. The Morgan fingerprint density at radius 1 is 1.55 bits per heavy atom. The van der Waals surface area contributed by atoms with Gasteiger partial charge in [0.25, 0.3) is 0 Å². The molecule has 0 radical (unpaired) electrons. The summed E-state index contributed by atoms with van der Waals surface area (Å²) in [7, 11) is 1.74. The van der Waals surface area contributed by atoms with Gasteiger partial charge in [0.2, 0.25) is 0 Å². The zero-order chi connectivity index (χ0) is 8.43. The zero-order valence-corrected chi connectivity index (χ0v) is 8.15. The molecule has 0 unspecified atom stereocenters. The molecule has 0 saturated carbocycles. The van der Waals surface area contributed by atoms with Crippen LogP contribution in [0.25, 0.3) is 0 Å². The van der Waals surface area contributed by atoms with Gasteiger partial charge in [-0.2, -0.15) is 0 Å². The summed E-state index contributed by atoms with van der Waals surface area (Å²) in [6, 6.07) is 3.16. The van der Waals surface area contributed by atoms with E-state index in [1.807, 2.05) is 22.6 Å². The second kappa shape index (κ2) is 3.25. The molecule has 0 aliphatic rings. The fourth-order valence-corrected chi connectivity index (χ4v) is 1.32. The van der Waals surface area contributed by atoms with Crippen LogP contribution >= 0.6 is 22.6 Å². The van der Waals surface area contributed by atoms with Gasteiger partial charge in [0.15, 0.2) is 0 Å². The second-order valence-electron chi connectivity index (χ2n) is 2.10. The Kier molecular flexibility index (Phi) is 2.53. The first kappa shape index (κ1) is 8.58. The molecule has 0 heterocycles. The van der Waals surface area contributed by atoms with Gasteiger partial charge >= 0.3 is 0 Å². The summed E-state index contributed by atoms with van der Waals surface area (Å²) in [4.78, 5) is 0. The molecule has 1 rings (SSSR count). The highest BCUT2D eigenvalue weighted by atomic mass is 127. The summed E-state index contributed by atoms with van der Waals surface area (Å²) in [6.07, 6.45) is 0. The lowest BCUT2D eigenvalue weighted by molar-refractivity contribution is 0.632. The van der Waals surface area contributed by atoms with Crippen LogP contribution in [-0.4, -0.2) is 7.05 Å². The summed E-state index contributed by atoms with van der Waals surface area (Å²) in [5, 5.41) is 2.84. The number of hydrogen-bond acceptors (Lipinski definition) is 2. The third-order valence-electron chi connectivity index (χ3n) is 1.37. The van der Waals surface area contributed by atoms with E-state index in [0.29, 0.717) is 0 Å². The van der Waals surface area contributed by atoms with Crippen molar-refractivity contribution >= 4 is 34.0 Å². The van der Waals surface area contributed by atoms with Crippen LogP contribution in [0.15, 0.2) is 12.1 Å². The van der Waals surface area contributed by atoms with Crippen molar-refractivity contribution in [1.29, 1.82) is 0 Å². The van der Waals surface area contributed by atoms with E-state index in [2.05, 4.69) is 5.32 Å². The molecule has 1 aromatic rings. The van der Waals surface area contributed by atoms with E-state index >= 15 is 0 Å². The number of nitrogens with one attached hydrogen (secondary N) is 1. The minimum absolute atomic E-state index is 0.213. The Bertz CT molecular complexity index is 252. The maximum Gasteiger partial charge on any atom is 0.149 e. The summed E-state index contributed by atoms with van der Waals surface area (Å²) in [5.74, 6) is -0.374. The molecule has 0 spiro atoms. The van der Waals surface area contributed by atoms with Gasteiger partial charge in [-0.25, -0.2) is 4.39 Å². The van der Waals surface area contributed by atoms with Crippen LogP contribution in [0.2, 0.25) is 0 Å². The third-order valence-corrected chi connectivity index (χ3v) is 2.26. The Hall–Kier alpha value is -0.520. The largest absolute Gasteiger partial charge is 0.395 e. The van der Waals surface area contributed by atoms with Gasteiger partial charge in [0, 0.05) is 16.3 Å². The molecule has 0 atom stereocenters. The van der Waals surface area contributed by atoms with Crippen molar-refractivity contribution in [2.24, 2.45) is 0 Å². The van der Waals surface area contributed by atoms with Gasteiger partial charge < -0.3 is 11.1 Å². The van der Waals surface area contributed by atoms with Gasteiger partial charge in [-0.05, 0) is 34.7 Å². The van der Waals surface area contributed by atoms with Gasteiger partial charge in [-0.3, -0.25) is 0 Å². The number of benzene rings is 1. The van der Waals surface area contributed by atoms with Gasteiger partial charge in [0.1, 0.15) is 5.82 Å². The lowest BCUT2D eigenvalue weighted by atomic mass is 10.3. The number of hydrogen-bond donors (Lipinski definition) is 2. The Labute approximate surface area is 78.1 Å². The highest BCUT2D eigenvalue weighted by Crippen LogP contribution is 2.22. The quantitative estimate of drug-likeness (QED) is 0.603. The second-order valence-corrected chi connectivity index (χ2v) is 3.27. The SMILES string of the molecule is CNc1cc(F)c(N)c(I)c1. The normalized spacial score (nSPS) is 9.73. The maximum absolute atomic E-state index is 12.9. The van der Waals surface area contributed by atoms with E-state index in [4.69, 9.17) is 5.73 Å². The fraction of sp³-hybridized carbons (Fsp3) is 0.143. The van der Waals surface area contributed by atoms with E-state index < -0.39 is 0 Å². The Morgan fingerprint density at radius 3 is 2.64 bits per heavy atom. The molecule has 1 aromatic carbocycles. The van der Waals surface area contributed by atoms with E-state index in [1.165, 1.54) is 6.07 Å². The van der Waals surface area contributed by atoms with Crippen molar-refractivity contribution < 1.29 is 4.39 Å². The average molecular weight is 266 g/mol. The molecular formula is C7H8FIN2. The predicted octanol–water partition coefficient (Wildman–Crippen LogP) is 2.05. The standard InChI is InChI=1S/C7H8FIN2/c1-11-4-2-5(8)7(10)6(9)3-4/h2-3,11H,10H2,1H3. The van der Waals surface area contributed by atoms with Crippen LogP contribution in [0.3, 0.4) is 0 Å². The summed E-state index contributed by atoms with van der Waals surface area (Å²) in [6.45, 7) is 0. The van der Waals surface area contributed by atoms with E-state index in [0.717, 1.165) is 9.26 Å². The molecule has 4 heteroatoms. The number of nitrogen functional groups attached to an aromatic ring is 1. The highest BCUT2D eigenvalue weighted by molar-refractivity contribution is 14.1. The molecule has 0 aliphatic carbocycles. The number of nitrogens with two attached hydrogens (primary N) is 1. The van der Waals surface area contributed by atoms with Gasteiger partial charge in [-0.15, -0.1) is 0 Å². The fourth-order valence-electron chi connectivity index (χ4n) is 0.729. The molecule has 60 valence electrons. The molecule has 0 aliphatic heterocycles. The first-order valence-corrected chi connectivity index (χ1v) is 4.15. The number of rotatable bonds is 1. The Balaban J connectivity index is 3.21. The van der Waals surface area contributed by atoms with E-state index in [9.17, 15) is 4.39 Å². The first-order chi connectivity index (χ1) is 5.15. The monoisotopic (exact) mass is 266 g/mol. The van der Waals surface area contributed by atoms with Crippen molar-refractivity contribution in [1.82, 2.24) is 0 Å². The van der Waals surface area contributed by atoms with Crippen molar-refractivity contribution in [2.45, 2.75) is 0 Å². The first-order valence-electron chi connectivity index (χ1n) is 3.07. The summed E-state index contributed by atoms with van der Waals surface area (Å²) >= 11 is 1.99. The summed E-state index contributed by atoms with van der Waals surface area (Å²) < 4.78 is 13.6. The Morgan fingerprint density at radius 2 is 2.18 bits per heavy atom. The van der Waals surface area contributed by atoms with Gasteiger partial charge in [-0.1, -0.05) is 0 Å². The molecule has 3 N–H and O–H groups in total. The lowest BCUT2D eigenvalue weighted by Gasteiger charge is -2.03. The minimum Gasteiger partial charge on any atom is -0.395 e. The lowest BCUT2D eigenvalue weighted by Crippen LogP contribution is -1.97. The van der Waals surface area contributed by atoms with Gasteiger partial charge in [0.05, 0.1) is 5.69 Å². The molecule has 0 amide bonds. The van der Waals surface area contributed by atoms with Crippen molar-refractivity contribution in [3.05, 3.63) is 21.5 Å². The van der Waals surface area contributed by atoms with Crippen LogP contribution in [-0.2, 0) is 0 Å². The molecule has 11 heavy (non-hydrogen) atoms. The minimum atomic E-state index is -0.374. The zero-order valence-electron chi connectivity index (χ0n) is 5.99. The van der Waals surface area contributed by atoms with Crippen LogP contribution in [0.5, 0.6) is 0 Å². The smallest absolute Gasteiger partial charge is 0.149 e. The highest BCUT2D eigenvalue weighted by Gasteiger charge is 2.03. The van der Waals surface area contributed by atoms with Crippen LogP contribution < -0.4 is 11.1 Å². The molecule has 0 bridgehead atoms. The van der Waals surface area contributed by atoms with Crippen molar-refractivity contribution in [3.8, 4) is 0 Å². The van der Waals surface area contributed by atoms with E-state index in [-0.39, 0.29) is 11.5 Å². The average Bonchev–Trinajstić information content (AvgIpc) is 1.99. The van der Waals surface area contributed by atoms with Crippen LogP contribution in [0, 0.1) is 9.39 Å². The maximum atomic E-state index is 12.9. The third kappa shape index (κ3) is 1.74. The van der Waals surface area contributed by atoms with Crippen molar-refractivity contribution in [3.63, 3.8) is 0 Å². The summed E-state index contributed by atoms with van der Waals surface area (Å²) in [5.41, 5.74) is 6.34. The number of halogens is 2. The molecule has 0 saturated heterocycles. The van der Waals surface area contributed by atoms with E-state index in [1.54, 1.807) is 13.1 Å².